The molecule has 0 aliphatic heterocycles. The third-order valence-electron chi connectivity index (χ3n) is 3.53. The van der Waals surface area contributed by atoms with Crippen molar-refractivity contribution in [2.24, 2.45) is 0 Å². The summed E-state index contributed by atoms with van der Waals surface area (Å²) in [6.07, 6.45) is 0.156. The third kappa shape index (κ3) is 4.45. The van der Waals surface area contributed by atoms with Gasteiger partial charge in [-0.25, -0.2) is 4.98 Å². The Labute approximate surface area is 161 Å². The molecule has 136 valence electrons. The number of rotatable bonds is 6. The van der Waals surface area contributed by atoms with E-state index in [1.165, 1.54) is 0 Å². The van der Waals surface area contributed by atoms with Crippen molar-refractivity contribution < 1.29 is 13.9 Å². The summed E-state index contributed by atoms with van der Waals surface area (Å²) in [7, 11) is 0. The Hall–Kier alpha value is -2.31. The van der Waals surface area contributed by atoms with Crippen molar-refractivity contribution in [2.75, 3.05) is 5.32 Å². The molecule has 3 rings (SSSR count). The Bertz CT molecular complexity index is 904. The number of nitrogens with zero attached hydrogens (tertiary/aromatic N) is 1. The van der Waals surface area contributed by atoms with Crippen LogP contribution in [-0.2, 0) is 11.2 Å². The molecule has 2 aromatic heterocycles. The maximum absolute atomic E-state index is 12.3. The smallest absolute Gasteiger partial charge is 0.236 e. The van der Waals surface area contributed by atoms with Crippen molar-refractivity contribution in [1.82, 2.24) is 4.98 Å². The van der Waals surface area contributed by atoms with Gasteiger partial charge < -0.3 is 14.5 Å². The zero-order valence-electron chi connectivity index (χ0n) is 14.7. The van der Waals surface area contributed by atoms with Gasteiger partial charge in [0.05, 0.1) is 28.1 Å². The van der Waals surface area contributed by atoms with E-state index in [1.807, 2.05) is 38.3 Å². The van der Waals surface area contributed by atoms with Gasteiger partial charge >= 0.3 is 0 Å². The number of benzene rings is 1. The molecule has 1 aromatic carbocycles. The standard InChI is InChI=1S/C19H19ClN2O3S/c1-11(2)24-16-7-6-13(9-14(16)20)21-18(23)10-15-12(3)25-19(22-15)17-5-4-8-26-17/h4-9,11H,10H2,1-3H3,(H,21,23). The Balaban J connectivity index is 1.67. The quantitative estimate of drug-likeness (QED) is 0.617. The van der Waals surface area contributed by atoms with Crippen molar-refractivity contribution in [3.63, 3.8) is 0 Å². The van der Waals surface area contributed by atoms with Crippen molar-refractivity contribution in [2.45, 2.75) is 33.3 Å². The molecular formula is C19H19ClN2O3S. The van der Waals surface area contributed by atoms with Gasteiger partial charge in [0.1, 0.15) is 11.5 Å². The summed E-state index contributed by atoms with van der Waals surface area (Å²) in [5, 5.41) is 5.23. The first-order valence-corrected chi connectivity index (χ1v) is 9.44. The van der Waals surface area contributed by atoms with Crippen LogP contribution in [0.25, 0.3) is 10.8 Å². The fourth-order valence-corrected chi connectivity index (χ4v) is 3.26. The number of carbonyl (C=O) groups is 1. The molecule has 1 amide bonds. The van der Waals surface area contributed by atoms with E-state index in [4.69, 9.17) is 20.8 Å². The highest BCUT2D eigenvalue weighted by Crippen LogP contribution is 2.29. The van der Waals surface area contributed by atoms with Crippen LogP contribution in [0.2, 0.25) is 5.02 Å². The number of carbonyl (C=O) groups excluding carboxylic acids is 1. The molecule has 26 heavy (non-hydrogen) atoms. The highest BCUT2D eigenvalue weighted by molar-refractivity contribution is 7.13. The molecule has 1 N–H and O–H groups in total. The minimum Gasteiger partial charge on any atom is -0.489 e. The van der Waals surface area contributed by atoms with Crippen LogP contribution in [0.5, 0.6) is 5.75 Å². The largest absolute Gasteiger partial charge is 0.489 e. The lowest BCUT2D eigenvalue weighted by molar-refractivity contribution is -0.115. The molecule has 0 saturated carbocycles. The molecule has 0 aliphatic carbocycles. The van der Waals surface area contributed by atoms with Crippen LogP contribution in [-0.4, -0.2) is 17.0 Å². The first-order valence-electron chi connectivity index (χ1n) is 8.18. The number of anilines is 1. The molecule has 2 heterocycles. The number of thiophene rings is 1. The van der Waals surface area contributed by atoms with Gasteiger partial charge in [0.25, 0.3) is 0 Å². The summed E-state index contributed by atoms with van der Waals surface area (Å²) < 4.78 is 11.3. The van der Waals surface area contributed by atoms with Gasteiger partial charge in [-0.3, -0.25) is 4.79 Å². The molecule has 0 radical (unpaired) electrons. The van der Waals surface area contributed by atoms with Gasteiger partial charge in [0, 0.05) is 5.69 Å². The summed E-state index contributed by atoms with van der Waals surface area (Å²) in [5.74, 6) is 1.58. The van der Waals surface area contributed by atoms with Crippen LogP contribution in [0.15, 0.2) is 40.1 Å². The summed E-state index contributed by atoms with van der Waals surface area (Å²) in [5.41, 5.74) is 1.23. The lowest BCUT2D eigenvalue weighted by atomic mass is 10.2. The minimum absolute atomic E-state index is 0.0284. The van der Waals surface area contributed by atoms with Crippen LogP contribution < -0.4 is 10.1 Å². The van der Waals surface area contributed by atoms with E-state index in [0.717, 1.165) is 4.88 Å². The number of amides is 1. The Morgan fingerprint density at radius 1 is 1.38 bits per heavy atom. The van der Waals surface area contributed by atoms with E-state index in [-0.39, 0.29) is 18.4 Å². The van der Waals surface area contributed by atoms with Crippen LogP contribution in [0.3, 0.4) is 0 Å². The van der Waals surface area contributed by atoms with Crippen LogP contribution in [0.4, 0.5) is 5.69 Å². The topological polar surface area (TPSA) is 64.4 Å². The number of oxazole rings is 1. The van der Waals surface area contributed by atoms with E-state index < -0.39 is 0 Å². The van der Waals surface area contributed by atoms with Crippen LogP contribution in [0, 0.1) is 6.92 Å². The predicted octanol–water partition coefficient (Wildman–Crippen LogP) is 5.33. The average Bonchev–Trinajstić information content (AvgIpc) is 3.20. The number of ether oxygens (including phenoxy) is 1. The second-order valence-electron chi connectivity index (χ2n) is 6.04. The average molecular weight is 391 g/mol. The highest BCUT2D eigenvalue weighted by atomic mass is 35.5. The van der Waals surface area contributed by atoms with Crippen molar-refractivity contribution in [3.05, 3.63) is 52.2 Å². The molecule has 7 heteroatoms. The van der Waals surface area contributed by atoms with Crippen molar-refractivity contribution in [3.8, 4) is 16.5 Å². The summed E-state index contributed by atoms with van der Waals surface area (Å²) in [4.78, 5) is 17.7. The van der Waals surface area contributed by atoms with Gasteiger partial charge in [0.2, 0.25) is 11.8 Å². The first kappa shape index (κ1) is 18.5. The fourth-order valence-electron chi connectivity index (χ4n) is 2.38. The van der Waals surface area contributed by atoms with Gasteiger partial charge in [-0.05, 0) is 50.4 Å². The first-order chi connectivity index (χ1) is 12.4. The molecule has 3 aromatic rings. The van der Waals surface area contributed by atoms with Gasteiger partial charge in [-0.2, -0.15) is 0 Å². The van der Waals surface area contributed by atoms with E-state index in [1.54, 1.807) is 29.5 Å². The van der Waals surface area contributed by atoms with Crippen molar-refractivity contribution in [1.29, 1.82) is 0 Å². The molecule has 0 fully saturated rings. The zero-order valence-corrected chi connectivity index (χ0v) is 16.3. The number of nitrogens with one attached hydrogen (secondary N) is 1. The summed E-state index contributed by atoms with van der Waals surface area (Å²) >= 11 is 7.74. The SMILES string of the molecule is Cc1oc(-c2cccs2)nc1CC(=O)Nc1ccc(OC(C)C)c(Cl)c1. The lowest BCUT2D eigenvalue weighted by Crippen LogP contribution is -2.15. The van der Waals surface area contributed by atoms with Gasteiger partial charge in [-0.15, -0.1) is 11.3 Å². The van der Waals surface area contributed by atoms with Gasteiger partial charge in [0.15, 0.2) is 0 Å². The van der Waals surface area contributed by atoms with Crippen LogP contribution in [0.1, 0.15) is 25.3 Å². The Morgan fingerprint density at radius 3 is 2.85 bits per heavy atom. The maximum Gasteiger partial charge on any atom is 0.236 e. The molecule has 0 spiro atoms. The number of hydrogen-bond donors (Lipinski definition) is 1. The summed E-state index contributed by atoms with van der Waals surface area (Å²) in [6.45, 7) is 5.66. The molecular weight excluding hydrogens is 372 g/mol. The molecule has 0 unspecified atom stereocenters. The monoisotopic (exact) mass is 390 g/mol. The second kappa shape index (κ2) is 7.93. The van der Waals surface area contributed by atoms with E-state index in [2.05, 4.69) is 10.3 Å². The van der Waals surface area contributed by atoms with E-state index >= 15 is 0 Å². The minimum atomic E-state index is -0.187. The summed E-state index contributed by atoms with van der Waals surface area (Å²) in [6, 6.07) is 9.04. The lowest BCUT2D eigenvalue weighted by Gasteiger charge is -2.12. The Kier molecular flexibility index (Phi) is 5.64. The molecule has 5 nitrogen and oxygen atoms in total. The number of hydrogen-bond acceptors (Lipinski definition) is 5. The Morgan fingerprint density at radius 2 is 2.19 bits per heavy atom. The van der Waals surface area contributed by atoms with E-state index in [0.29, 0.717) is 33.8 Å². The number of aryl methyl sites for hydroxylation is 1. The molecule has 0 atom stereocenters. The van der Waals surface area contributed by atoms with Crippen molar-refractivity contribution >= 4 is 34.5 Å². The van der Waals surface area contributed by atoms with Crippen LogP contribution >= 0.6 is 22.9 Å². The second-order valence-corrected chi connectivity index (χ2v) is 7.39. The third-order valence-corrected chi connectivity index (χ3v) is 4.68. The number of halogens is 1. The molecule has 0 aliphatic rings. The van der Waals surface area contributed by atoms with Gasteiger partial charge in [-0.1, -0.05) is 17.7 Å². The molecule has 0 bridgehead atoms. The predicted molar refractivity (Wildman–Crippen MR) is 104 cm³/mol. The number of aromatic nitrogens is 1. The highest BCUT2D eigenvalue weighted by Gasteiger charge is 2.16. The zero-order chi connectivity index (χ0) is 18.7. The van der Waals surface area contributed by atoms with E-state index in [9.17, 15) is 4.79 Å². The normalized spacial score (nSPS) is 11.0. The molecule has 0 saturated heterocycles. The fraction of sp³-hybridized carbons (Fsp3) is 0.263. The maximum atomic E-state index is 12.3.